The SMILES string of the molecule is Cc1ccc(C)c(CN2C(=O)C(O)(CC(=O)c3ccccc3Cl)c3ccccc32)c1. The summed E-state index contributed by atoms with van der Waals surface area (Å²) in [7, 11) is 0. The highest BCUT2D eigenvalue weighted by molar-refractivity contribution is 6.34. The molecular formula is C25H22ClNO3. The first kappa shape index (κ1) is 20.3. The molecule has 1 amide bonds. The molecule has 0 aromatic heterocycles. The fourth-order valence-corrected chi connectivity index (χ4v) is 4.23. The van der Waals surface area contributed by atoms with Crippen molar-refractivity contribution in [2.75, 3.05) is 4.90 Å². The van der Waals surface area contributed by atoms with E-state index in [-0.39, 0.29) is 12.2 Å². The minimum Gasteiger partial charge on any atom is -0.375 e. The van der Waals surface area contributed by atoms with Crippen LogP contribution in [0.1, 0.15) is 39.0 Å². The number of aliphatic hydroxyl groups is 1. The predicted molar refractivity (Wildman–Crippen MR) is 118 cm³/mol. The van der Waals surface area contributed by atoms with Crippen molar-refractivity contribution in [3.8, 4) is 0 Å². The fraction of sp³-hybridized carbons (Fsp3) is 0.200. The molecule has 1 N–H and O–H groups in total. The Balaban J connectivity index is 1.71. The molecule has 0 bridgehead atoms. The van der Waals surface area contributed by atoms with E-state index >= 15 is 0 Å². The Morgan fingerprint density at radius 1 is 1.03 bits per heavy atom. The van der Waals surface area contributed by atoms with Crippen molar-refractivity contribution in [3.05, 3.63) is 99.6 Å². The summed E-state index contributed by atoms with van der Waals surface area (Å²) < 4.78 is 0. The molecule has 1 unspecified atom stereocenters. The molecular weight excluding hydrogens is 398 g/mol. The molecule has 3 aromatic carbocycles. The topological polar surface area (TPSA) is 57.6 Å². The van der Waals surface area contributed by atoms with E-state index in [1.807, 2.05) is 38.1 Å². The number of amides is 1. The number of ketones is 1. The standard InChI is InChI=1S/C25H22ClNO3/c1-16-11-12-17(2)18(13-16)15-27-22-10-6-4-8-20(22)25(30,24(27)29)14-23(28)19-7-3-5-9-21(19)26/h3-13,30H,14-15H2,1-2H3. The van der Waals surface area contributed by atoms with Gasteiger partial charge < -0.3 is 10.0 Å². The molecule has 3 aromatic rings. The van der Waals surface area contributed by atoms with Crippen LogP contribution >= 0.6 is 11.6 Å². The molecule has 4 nitrogen and oxygen atoms in total. The van der Waals surface area contributed by atoms with Gasteiger partial charge in [0.2, 0.25) is 0 Å². The second kappa shape index (κ2) is 7.71. The number of nitrogens with zero attached hydrogens (tertiary/aromatic N) is 1. The highest BCUT2D eigenvalue weighted by Gasteiger charge is 2.50. The normalized spacial score (nSPS) is 17.9. The Bertz CT molecular complexity index is 1160. The van der Waals surface area contributed by atoms with Crippen molar-refractivity contribution in [2.45, 2.75) is 32.4 Å². The van der Waals surface area contributed by atoms with Crippen LogP contribution in [0.5, 0.6) is 0 Å². The molecule has 5 heteroatoms. The molecule has 30 heavy (non-hydrogen) atoms. The van der Waals surface area contributed by atoms with Crippen LogP contribution in [0.15, 0.2) is 66.7 Å². The number of hydrogen-bond acceptors (Lipinski definition) is 3. The van der Waals surface area contributed by atoms with Crippen molar-refractivity contribution in [1.29, 1.82) is 0 Å². The van der Waals surface area contributed by atoms with Gasteiger partial charge in [-0.1, -0.05) is 65.7 Å². The maximum absolute atomic E-state index is 13.4. The van der Waals surface area contributed by atoms with Gasteiger partial charge in [-0.15, -0.1) is 0 Å². The maximum Gasteiger partial charge on any atom is 0.264 e. The second-order valence-electron chi connectivity index (χ2n) is 7.78. The number of benzene rings is 3. The third-order valence-corrected chi connectivity index (χ3v) is 5.99. The van der Waals surface area contributed by atoms with Crippen LogP contribution in [0.4, 0.5) is 5.69 Å². The number of carbonyl (C=O) groups is 2. The number of para-hydroxylation sites is 1. The lowest BCUT2D eigenvalue weighted by Gasteiger charge is -2.23. The summed E-state index contributed by atoms with van der Waals surface area (Å²) in [5.74, 6) is -0.871. The average Bonchev–Trinajstić information content (AvgIpc) is 2.93. The zero-order valence-electron chi connectivity index (χ0n) is 16.9. The zero-order valence-corrected chi connectivity index (χ0v) is 17.6. The minimum atomic E-state index is -1.93. The number of aryl methyl sites for hydroxylation is 2. The van der Waals surface area contributed by atoms with Gasteiger partial charge in [-0.05, 0) is 43.2 Å². The number of carbonyl (C=O) groups excluding carboxylic acids is 2. The lowest BCUT2D eigenvalue weighted by atomic mass is 9.88. The van der Waals surface area contributed by atoms with Gasteiger partial charge in [-0.2, -0.15) is 0 Å². The van der Waals surface area contributed by atoms with E-state index in [0.29, 0.717) is 28.4 Å². The molecule has 0 radical (unpaired) electrons. The van der Waals surface area contributed by atoms with Gasteiger partial charge in [-0.25, -0.2) is 0 Å². The Morgan fingerprint density at radius 3 is 2.50 bits per heavy atom. The Hall–Kier alpha value is -2.95. The molecule has 4 rings (SSSR count). The van der Waals surface area contributed by atoms with Crippen molar-refractivity contribution in [2.24, 2.45) is 0 Å². The summed E-state index contributed by atoms with van der Waals surface area (Å²) in [6, 6.07) is 19.8. The molecule has 0 saturated carbocycles. The monoisotopic (exact) mass is 419 g/mol. The van der Waals surface area contributed by atoms with Crippen LogP contribution in [0.25, 0.3) is 0 Å². The third kappa shape index (κ3) is 3.42. The van der Waals surface area contributed by atoms with Gasteiger partial charge in [0.15, 0.2) is 11.4 Å². The van der Waals surface area contributed by atoms with Crippen LogP contribution in [0.3, 0.4) is 0 Å². The number of hydrogen-bond donors (Lipinski definition) is 1. The molecule has 0 aliphatic carbocycles. The van der Waals surface area contributed by atoms with Gasteiger partial charge in [0, 0.05) is 11.1 Å². The summed E-state index contributed by atoms with van der Waals surface area (Å²) >= 11 is 6.16. The molecule has 1 heterocycles. The van der Waals surface area contributed by atoms with E-state index in [0.717, 1.165) is 16.7 Å². The molecule has 1 aliphatic heterocycles. The fourth-order valence-electron chi connectivity index (χ4n) is 3.99. The minimum absolute atomic E-state index is 0.297. The van der Waals surface area contributed by atoms with Gasteiger partial charge in [-0.3, -0.25) is 9.59 Å². The van der Waals surface area contributed by atoms with Gasteiger partial charge in [0.25, 0.3) is 5.91 Å². The van der Waals surface area contributed by atoms with E-state index in [9.17, 15) is 14.7 Å². The summed E-state index contributed by atoms with van der Waals surface area (Å²) in [6.45, 7) is 4.32. The molecule has 152 valence electrons. The summed E-state index contributed by atoms with van der Waals surface area (Å²) in [4.78, 5) is 27.9. The lowest BCUT2D eigenvalue weighted by molar-refractivity contribution is -0.136. The third-order valence-electron chi connectivity index (χ3n) is 5.66. The molecule has 0 saturated heterocycles. The van der Waals surface area contributed by atoms with Crippen LogP contribution < -0.4 is 4.90 Å². The quantitative estimate of drug-likeness (QED) is 0.594. The predicted octanol–water partition coefficient (Wildman–Crippen LogP) is 4.96. The first-order chi connectivity index (χ1) is 14.3. The lowest BCUT2D eigenvalue weighted by Crippen LogP contribution is -2.41. The van der Waals surface area contributed by atoms with Crippen LogP contribution in [0, 0.1) is 13.8 Å². The van der Waals surface area contributed by atoms with Gasteiger partial charge in [0.1, 0.15) is 0 Å². The van der Waals surface area contributed by atoms with E-state index in [4.69, 9.17) is 11.6 Å². The Morgan fingerprint density at radius 2 is 1.73 bits per heavy atom. The van der Waals surface area contributed by atoms with Gasteiger partial charge in [0.05, 0.1) is 23.7 Å². The van der Waals surface area contributed by atoms with Crippen molar-refractivity contribution in [3.63, 3.8) is 0 Å². The number of Topliss-reactive ketones (excluding diaryl/α,β-unsaturated/α-hetero) is 1. The second-order valence-corrected chi connectivity index (χ2v) is 8.19. The average molecular weight is 420 g/mol. The Kier molecular flexibility index (Phi) is 5.22. The number of fused-ring (bicyclic) bond motifs is 1. The first-order valence-corrected chi connectivity index (χ1v) is 10.2. The van der Waals surface area contributed by atoms with E-state index in [1.54, 1.807) is 47.4 Å². The van der Waals surface area contributed by atoms with E-state index in [1.165, 1.54) is 0 Å². The molecule has 1 atom stereocenters. The molecule has 0 fully saturated rings. The number of anilines is 1. The number of rotatable bonds is 5. The first-order valence-electron chi connectivity index (χ1n) is 9.79. The summed E-state index contributed by atoms with van der Waals surface area (Å²) in [6.07, 6.45) is -0.365. The van der Waals surface area contributed by atoms with Crippen molar-refractivity contribution >= 4 is 29.0 Å². The maximum atomic E-state index is 13.4. The van der Waals surface area contributed by atoms with E-state index in [2.05, 4.69) is 0 Å². The van der Waals surface area contributed by atoms with Crippen LogP contribution in [-0.2, 0) is 16.9 Å². The smallest absolute Gasteiger partial charge is 0.264 e. The molecule has 1 aliphatic rings. The van der Waals surface area contributed by atoms with Gasteiger partial charge >= 0.3 is 0 Å². The van der Waals surface area contributed by atoms with Crippen molar-refractivity contribution in [1.82, 2.24) is 0 Å². The number of halogens is 1. The zero-order chi connectivity index (χ0) is 21.5. The highest BCUT2D eigenvalue weighted by atomic mass is 35.5. The highest BCUT2D eigenvalue weighted by Crippen LogP contribution is 2.44. The molecule has 0 spiro atoms. The van der Waals surface area contributed by atoms with Crippen LogP contribution in [-0.4, -0.2) is 16.8 Å². The summed E-state index contributed by atoms with van der Waals surface area (Å²) in [5.41, 5.74) is 2.60. The van der Waals surface area contributed by atoms with Crippen LogP contribution in [0.2, 0.25) is 5.02 Å². The summed E-state index contributed by atoms with van der Waals surface area (Å²) in [5, 5.41) is 11.8. The van der Waals surface area contributed by atoms with Crippen molar-refractivity contribution < 1.29 is 14.7 Å². The van der Waals surface area contributed by atoms with E-state index < -0.39 is 11.5 Å². The largest absolute Gasteiger partial charge is 0.375 e. The Labute approximate surface area is 180 Å².